The van der Waals surface area contributed by atoms with E-state index in [4.69, 9.17) is 34.3 Å². The molecule has 3 nitrogen and oxygen atoms in total. The number of halogens is 1. The smallest absolute Gasteiger partial charge is 0.104 e. The molecule has 20 heavy (non-hydrogen) atoms. The maximum atomic E-state index is 6.32. The Morgan fingerprint density at radius 3 is 2.90 bits per heavy atom. The summed E-state index contributed by atoms with van der Waals surface area (Å²) in [5, 5.41) is 0.725. The number of likely N-dealkylation sites (tertiary alicyclic amines) is 1. The van der Waals surface area contributed by atoms with E-state index in [2.05, 4.69) is 11.8 Å². The highest BCUT2D eigenvalue weighted by Gasteiger charge is 2.26. The maximum absolute atomic E-state index is 6.32. The van der Waals surface area contributed by atoms with Crippen molar-refractivity contribution in [3.63, 3.8) is 0 Å². The number of hydrogen-bond acceptors (Lipinski definition) is 3. The van der Waals surface area contributed by atoms with Crippen LogP contribution < -0.4 is 5.73 Å². The maximum Gasteiger partial charge on any atom is 0.104 e. The molecule has 110 valence electrons. The van der Waals surface area contributed by atoms with Crippen molar-refractivity contribution in [3.8, 4) is 0 Å². The molecule has 1 heterocycles. The zero-order valence-corrected chi connectivity index (χ0v) is 13.5. The first-order valence-corrected chi connectivity index (χ1v) is 7.63. The Morgan fingerprint density at radius 2 is 2.30 bits per heavy atom. The van der Waals surface area contributed by atoms with Gasteiger partial charge in [0.05, 0.1) is 6.10 Å². The fourth-order valence-corrected chi connectivity index (χ4v) is 2.99. The van der Waals surface area contributed by atoms with E-state index in [0.717, 1.165) is 42.2 Å². The highest BCUT2D eigenvalue weighted by Crippen LogP contribution is 2.24. The van der Waals surface area contributed by atoms with Crippen molar-refractivity contribution in [2.24, 2.45) is 11.7 Å². The first-order valence-electron chi connectivity index (χ1n) is 6.84. The first kappa shape index (κ1) is 15.7. The van der Waals surface area contributed by atoms with Gasteiger partial charge in [-0.1, -0.05) is 42.9 Å². The molecule has 0 amide bonds. The Morgan fingerprint density at radius 1 is 1.55 bits per heavy atom. The SMILES string of the molecule is COC1CN(Cc2ccc(C(N)=S)cc2Cl)CCC1C. The lowest BCUT2D eigenvalue weighted by Gasteiger charge is -2.36. The predicted octanol–water partition coefficient (Wildman–Crippen LogP) is 2.83. The van der Waals surface area contributed by atoms with Gasteiger partial charge in [-0.25, -0.2) is 0 Å². The predicted molar refractivity (Wildman–Crippen MR) is 87.2 cm³/mol. The number of methoxy groups -OCH3 is 1. The summed E-state index contributed by atoms with van der Waals surface area (Å²) in [5.74, 6) is 0.615. The molecular weight excluding hydrogens is 292 g/mol. The van der Waals surface area contributed by atoms with Crippen LogP contribution in [-0.2, 0) is 11.3 Å². The van der Waals surface area contributed by atoms with Gasteiger partial charge in [-0.05, 0) is 30.5 Å². The molecule has 1 fully saturated rings. The van der Waals surface area contributed by atoms with Crippen LogP contribution in [0, 0.1) is 5.92 Å². The van der Waals surface area contributed by atoms with Crippen LogP contribution in [0.2, 0.25) is 5.02 Å². The Hall–Kier alpha value is -0.680. The molecule has 1 aliphatic rings. The summed E-state index contributed by atoms with van der Waals surface area (Å²) >= 11 is 11.3. The molecule has 0 radical (unpaired) electrons. The van der Waals surface area contributed by atoms with Gasteiger partial charge in [-0.3, -0.25) is 4.90 Å². The van der Waals surface area contributed by atoms with Gasteiger partial charge in [0.15, 0.2) is 0 Å². The number of benzene rings is 1. The minimum Gasteiger partial charge on any atom is -0.389 e. The van der Waals surface area contributed by atoms with Gasteiger partial charge in [0.1, 0.15) is 4.99 Å². The third-order valence-electron chi connectivity index (χ3n) is 4.01. The van der Waals surface area contributed by atoms with Crippen LogP contribution in [0.4, 0.5) is 0 Å². The topological polar surface area (TPSA) is 38.5 Å². The van der Waals surface area contributed by atoms with E-state index in [-0.39, 0.29) is 0 Å². The molecule has 0 bridgehead atoms. The molecule has 1 aliphatic heterocycles. The number of piperidine rings is 1. The zero-order valence-electron chi connectivity index (χ0n) is 11.9. The minimum atomic E-state index is 0.304. The molecule has 2 unspecified atom stereocenters. The summed E-state index contributed by atoms with van der Waals surface area (Å²) in [6.45, 7) is 5.11. The fourth-order valence-electron chi connectivity index (χ4n) is 2.62. The third kappa shape index (κ3) is 3.70. The van der Waals surface area contributed by atoms with Crippen LogP contribution in [0.15, 0.2) is 18.2 Å². The number of rotatable bonds is 4. The van der Waals surface area contributed by atoms with E-state index in [1.165, 1.54) is 0 Å². The van der Waals surface area contributed by atoms with Gasteiger partial charge >= 0.3 is 0 Å². The van der Waals surface area contributed by atoms with Crippen molar-refractivity contribution in [2.45, 2.75) is 26.0 Å². The molecule has 5 heteroatoms. The molecule has 0 saturated carbocycles. The lowest BCUT2D eigenvalue weighted by atomic mass is 9.95. The lowest BCUT2D eigenvalue weighted by Crippen LogP contribution is -2.43. The van der Waals surface area contributed by atoms with Crippen molar-refractivity contribution in [2.75, 3.05) is 20.2 Å². The normalized spacial score (nSPS) is 23.8. The second-order valence-corrected chi connectivity index (χ2v) is 6.29. The summed E-state index contributed by atoms with van der Waals surface area (Å²) in [5.41, 5.74) is 7.54. The van der Waals surface area contributed by atoms with Gasteiger partial charge in [0, 0.05) is 30.8 Å². The Bertz CT molecular complexity index is 495. The van der Waals surface area contributed by atoms with Crippen molar-refractivity contribution in [1.29, 1.82) is 0 Å². The monoisotopic (exact) mass is 312 g/mol. The average Bonchev–Trinajstić information content (AvgIpc) is 2.42. The van der Waals surface area contributed by atoms with Crippen molar-refractivity contribution in [3.05, 3.63) is 34.3 Å². The Balaban J connectivity index is 2.05. The molecule has 0 aromatic heterocycles. The van der Waals surface area contributed by atoms with Gasteiger partial charge in [0.25, 0.3) is 0 Å². The minimum absolute atomic E-state index is 0.304. The van der Waals surface area contributed by atoms with Crippen LogP contribution in [0.25, 0.3) is 0 Å². The molecule has 1 aromatic carbocycles. The van der Waals surface area contributed by atoms with Gasteiger partial charge in [-0.15, -0.1) is 0 Å². The van der Waals surface area contributed by atoms with Gasteiger partial charge in [-0.2, -0.15) is 0 Å². The molecule has 0 aliphatic carbocycles. The standard InChI is InChI=1S/C15H21ClN2OS/c1-10-5-6-18(9-14(10)19-2)8-12-4-3-11(15(17)20)7-13(12)16/h3-4,7,10,14H,5-6,8-9H2,1-2H3,(H2,17,20). The van der Waals surface area contributed by atoms with Crippen molar-refractivity contribution in [1.82, 2.24) is 4.90 Å². The lowest BCUT2D eigenvalue weighted by molar-refractivity contribution is -0.00744. The number of nitrogens with two attached hydrogens (primary N) is 1. The summed E-state index contributed by atoms with van der Waals surface area (Å²) in [6.07, 6.45) is 1.46. The van der Waals surface area contributed by atoms with E-state index in [0.29, 0.717) is 17.0 Å². The summed E-state index contributed by atoms with van der Waals surface area (Å²) in [4.78, 5) is 2.76. The fraction of sp³-hybridized carbons (Fsp3) is 0.533. The average molecular weight is 313 g/mol. The van der Waals surface area contributed by atoms with Crippen LogP contribution in [0.3, 0.4) is 0 Å². The van der Waals surface area contributed by atoms with Crippen LogP contribution in [0.1, 0.15) is 24.5 Å². The van der Waals surface area contributed by atoms with E-state index in [1.54, 1.807) is 7.11 Å². The first-order chi connectivity index (χ1) is 9.51. The highest BCUT2D eigenvalue weighted by molar-refractivity contribution is 7.80. The van der Waals surface area contributed by atoms with Gasteiger partial charge in [0.2, 0.25) is 0 Å². The molecule has 1 saturated heterocycles. The molecule has 0 spiro atoms. The van der Waals surface area contributed by atoms with Crippen LogP contribution in [-0.4, -0.2) is 36.2 Å². The van der Waals surface area contributed by atoms with Crippen molar-refractivity contribution >= 4 is 28.8 Å². The van der Waals surface area contributed by atoms with E-state index in [9.17, 15) is 0 Å². The molecule has 2 N–H and O–H groups in total. The van der Waals surface area contributed by atoms with E-state index in [1.807, 2.05) is 18.2 Å². The van der Waals surface area contributed by atoms with E-state index < -0.39 is 0 Å². The van der Waals surface area contributed by atoms with Gasteiger partial charge < -0.3 is 10.5 Å². The number of nitrogens with zero attached hydrogens (tertiary/aromatic N) is 1. The van der Waals surface area contributed by atoms with Crippen LogP contribution >= 0.6 is 23.8 Å². The largest absolute Gasteiger partial charge is 0.389 e. The quantitative estimate of drug-likeness (QED) is 0.868. The number of ether oxygens (including phenoxy) is 1. The van der Waals surface area contributed by atoms with Crippen LogP contribution in [0.5, 0.6) is 0 Å². The highest BCUT2D eigenvalue weighted by atomic mass is 35.5. The summed E-state index contributed by atoms with van der Waals surface area (Å²) in [7, 11) is 1.79. The second kappa shape index (κ2) is 6.85. The van der Waals surface area contributed by atoms with E-state index >= 15 is 0 Å². The summed E-state index contributed by atoms with van der Waals surface area (Å²) < 4.78 is 5.54. The molecular formula is C15H21ClN2OS. The third-order valence-corrected chi connectivity index (χ3v) is 4.60. The number of thiocarbonyl (C=S) groups is 1. The Labute approximate surface area is 131 Å². The molecule has 2 atom stereocenters. The second-order valence-electron chi connectivity index (χ2n) is 5.45. The molecule has 1 aromatic rings. The number of hydrogen-bond donors (Lipinski definition) is 1. The Kier molecular flexibility index (Phi) is 5.38. The zero-order chi connectivity index (χ0) is 14.7. The molecule has 2 rings (SSSR count). The van der Waals surface area contributed by atoms with Crippen molar-refractivity contribution < 1.29 is 4.74 Å². The summed E-state index contributed by atoms with van der Waals surface area (Å²) in [6, 6.07) is 5.79.